The standard InChI is InChI=1S/C11H21NO4S/c1-9(12)3-6-17(14,15)8-11(4-5-11)7-10(13)16-2/h9H,3-8,12H2,1-2H3. The zero-order chi connectivity index (χ0) is 13.1. The van der Waals surface area contributed by atoms with Crippen LogP contribution in [-0.4, -0.2) is 39.0 Å². The van der Waals surface area contributed by atoms with E-state index in [-0.39, 0.29) is 35.4 Å². The Hall–Kier alpha value is -0.620. The lowest BCUT2D eigenvalue weighted by Gasteiger charge is -2.14. The van der Waals surface area contributed by atoms with E-state index >= 15 is 0 Å². The van der Waals surface area contributed by atoms with Gasteiger partial charge >= 0.3 is 5.97 Å². The van der Waals surface area contributed by atoms with Gasteiger partial charge in [0.25, 0.3) is 0 Å². The van der Waals surface area contributed by atoms with Crippen molar-refractivity contribution in [2.24, 2.45) is 11.1 Å². The van der Waals surface area contributed by atoms with E-state index in [1.165, 1.54) is 7.11 Å². The molecule has 0 spiro atoms. The number of methoxy groups -OCH3 is 1. The van der Waals surface area contributed by atoms with Gasteiger partial charge in [-0.15, -0.1) is 0 Å². The van der Waals surface area contributed by atoms with E-state index in [1.807, 2.05) is 0 Å². The topological polar surface area (TPSA) is 86.5 Å². The lowest BCUT2D eigenvalue weighted by molar-refractivity contribution is -0.141. The molecule has 0 radical (unpaired) electrons. The van der Waals surface area contributed by atoms with Crippen molar-refractivity contribution in [3.63, 3.8) is 0 Å². The Bertz CT molecular complexity index is 371. The summed E-state index contributed by atoms with van der Waals surface area (Å²) in [6.45, 7) is 1.79. The first kappa shape index (κ1) is 14.4. The molecule has 0 saturated heterocycles. The molecule has 5 nitrogen and oxygen atoms in total. The van der Waals surface area contributed by atoms with Gasteiger partial charge in [-0.2, -0.15) is 0 Å². The molecule has 2 N–H and O–H groups in total. The van der Waals surface area contributed by atoms with E-state index in [1.54, 1.807) is 6.92 Å². The van der Waals surface area contributed by atoms with E-state index in [9.17, 15) is 13.2 Å². The molecule has 17 heavy (non-hydrogen) atoms. The third-order valence-electron chi connectivity index (χ3n) is 3.11. The maximum absolute atomic E-state index is 11.9. The van der Waals surface area contributed by atoms with Crippen molar-refractivity contribution >= 4 is 15.8 Å². The van der Waals surface area contributed by atoms with Gasteiger partial charge in [0.1, 0.15) is 0 Å². The Labute approximate surface area is 103 Å². The molecule has 1 aliphatic rings. The number of rotatable bonds is 7. The fraction of sp³-hybridized carbons (Fsp3) is 0.909. The van der Waals surface area contributed by atoms with Gasteiger partial charge in [0.05, 0.1) is 25.0 Å². The fourth-order valence-electron chi connectivity index (χ4n) is 1.83. The van der Waals surface area contributed by atoms with Gasteiger partial charge < -0.3 is 10.5 Å². The van der Waals surface area contributed by atoms with Gasteiger partial charge in [0.2, 0.25) is 0 Å². The Morgan fingerprint density at radius 2 is 2.06 bits per heavy atom. The van der Waals surface area contributed by atoms with Crippen LogP contribution in [0.4, 0.5) is 0 Å². The SMILES string of the molecule is COC(=O)CC1(CS(=O)(=O)CCC(C)N)CC1. The van der Waals surface area contributed by atoms with Gasteiger partial charge in [-0.3, -0.25) is 4.79 Å². The zero-order valence-electron chi connectivity index (χ0n) is 10.4. The molecule has 0 aromatic heterocycles. The summed E-state index contributed by atoms with van der Waals surface area (Å²) < 4.78 is 28.3. The van der Waals surface area contributed by atoms with E-state index < -0.39 is 9.84 Å². The number of nitrogens with two attached hydrogens (primary N) is 1. The second-order valence-corrected chi connectivity index (χ2v) is 7.29. The number of hydrogen-bond donors (Lipinski definition) is 1. The van der Waals surface area contributed by atoms with Crippen LogP contribution < -0.4 is 5.73 Å². The molecule has 1 aliphatic carbocycles. The highest BCUT2D eigenvalue weighted by atomic mass is 32.2. The molecule has 0 aromatic rings. The highest BCUT2D eigenvalue weighted by molar-refractivity contribution is 7.91. The second-order valence-electron chi connectivity index (χ2n) is 5.11. The van der Waals surface area contributed by atoms with Crippen LogP contribution in [0, 0.1) is 5.41 Å². The Morgan fingerprint density at radius 1 is 1.47 bits per heavy atom. The number of sulfone groups is 1. The van der Waals surface area contributed by atoms with Gasteiger partial charge in [0.15, 0.2) is 9.84 Å². The fourth-order valence-corrected chi connectivity index (χ4v) is 4.03. The first-order chi connectivity index (χ1) is 7.79. The summed E-state index contributed by atoms with van der Waals surface area (Å²) in [5.74, 6) is -0.139. The van der Waals surface area contributed by atoms with Crippen molar-refractivity contribution in [3.8, 4) is 0 Å². The summed E-state index contributed by atoms with van der Waals surface area (Å²) in [5, 5.41) is 0. The lowest BCUT2D eigenvalue weighted by atomic mass is 10.1. The van der Waals surface area contributed by atoms with E-state index in [0.717, 1.165) is 12.8 Å². The van der Waals surface area contributed by atoms with Crippen LogP contribution in [0.1, 0.15) is 32.6 Å². The van der Waals surface area contributed by atoms with E-state index in [0.29, 0.717) is 6.42 Å². The third-order valence-corrected chi connectivity index (χ3v) is 5.02. The van der Waals surface area contributed by atoms with Crippen LogP contribution in [-0.2, 0) is 19.4 Å². The minimum Gasteiger partial charge on any atom is -0.469 e. The van der Waals surface area contributed by atoms with Crippen molar-refractivity contribution in [2.45, 2.75) is 38.6 Å². The van der Waals surface area contributed by atoms with Gasteiger partial charge in [-0.1, -0.05) is 0 Å². The van der Waals surface area contributed by atoms with Crippen LogP contribution in [0.15, 0.2) is 0 Å². The Morgan fingerprint density at radius 3 is 2.47 bits per heavy atom. The summed E-state index contributed by atoms with van der Waals surface area (Å²) in [7, 11) is -1.79. The Balaban J connectivity index is 2.50. The third kappa shape index (κ3) is 5.04. The van der Waals surface area contributed by atoms with Crippen LogP contribution in [0.25, 0.3) is 0 Å². The number of carbonyl (C=O) groups excluding carboxylic acids is 1. The summed E-state index contributed by atoms with van der Waals surface area (Å²) in [5.41, 5.74) is 5.19. The molecule has 1 fully saturated rings. The van der Waals surface area contributed by atoms with Crippen LogP contribution >= 0.6 is 0 Å². The van der Waals surface area contributed by atoms with E-state index in [2.05, 4.69) is 4.74 Å². The van der Waals surface area contributed by atoms with Gasteiger partial charge in [-0.25, -0.2) is 8.42 Å². The molecule has 0 aromatic carbocycles. The highest BCUT2D eigenvalue weighted by Crippen LogP contribution is 2.50. The van der Waals surface area contributed by atoms with Gasteiger partial charge in [-0.05, 0) is 31.6 Å². The van der Waals surface area contributed by atoms with Crippen LogP contribution in [0.5, 0.6) is 0 Å². The van der Waals surface area contributed by atoms with Crippen molar-refractivity contribution in [3.05, 3.63) is 0 Å². The molecule has 0 aliphatic heterocycles. The van der Waals surface area contributed by atoms with Crippen molar-refractivity contribution in [1.82, 2.24) is 0 Å². The quantitative estimate of drug-likeness (QED) is 0.675. The van der Waals surface area contributed by atoms with Crippen molar-refractivity contribution in [2.75, 3.05) is 18.6 Å². The molecule has 1 atom stereocenters. The molecule has 0 bridgehead atoms. The number of ether oxygens (including phenoxy) is 1. The largest absolute Gasteiger partial charge is 0.469 e. The first-order valence-corrected chi connectivity index (χ1v) is 7.64. The smallest absolute Gasteiger partial charge is 0.306 e. The highest BCUT2D eigenvalue weighted by Gasteiger charge is 2.47. The zero-order valence-corrected chi connectivity index (χ0v) is 11.3. The minimum atomic E-state index is -3.11. The summed E-state index contributed by atoms with van der Waals surface area (Å²) in [6, 6.07) is -0.111. The summed E-state index contributed by atoms with van der Waals surface area (Å²) in [4.78, 5) is 11.2. The molecule has 6 heteroatoms. The monoisotopic (exact) mass is 263 g/mol. The number of hydrogen-bond acceptors (Lipinski definition) is 5. The minimum absolute atomic E-state index is 0.0851. The first-order valence-electron chi connectivity index (χ1n) is 5.81. The van der Waals surface area contributed by atoms with Gasteiger partial charge in [0, 0.05) is 6.04 Å². The number of carbonyl (C=O) groups is 1. The maximum Gasteiger partial charge on any atom is 0.306 e. The average Bonchev–Trinajstić information content (AvgIpc) is 2.94. The molecular weight excluding hydrogens is 242 g/mol. The summed E-state index contributed by atoms with van der Waals surface area (Å²) >= 11 is 0. The molecule has 1 saturated carbocycles. The number of esters is 1. The van der Waals surface area contributed by atoms with Crippen LogP contribution in [0.3, 0.4) is 0 Å². The maximum atomic E-state index is 11.9. The predicted molar refractivity (Wildman–Crippen MR) is 65.2 cm³/mol. The predicted octanol–water partition coefficient (Wildman–Crippen LogP) is 0.482. The van der Waals surface area contributed by atoms with E-state index in [4.69, 9.17) is 5.73 Å². The van der Waals surface area contributed by atoms with Crippen molar-refractivity contribution in [1.29, 1.82) is 0 Å². The molecule has 1 rings (SSSR count). The lowest BCUT2D eigenvalue weighted by Crippen LogP contribution is -2.26. The molecule has 0 amide bonds. The molecule has 0 heterocycles. The summed E-state index contributed by atoms with van der Waals surface area (Å²) in [6.07, 6.45) is 2.26. The normalized spacial score (nSPS) is 19.7. The molecule has 100 valence electrons. The van der Waals surface area contributed by atoms with Crippen molar-refractivity contribution < 1.29 is 17.9 Å². The Kier molecular flexibility index (Phi) is 4.55. The van der Waals surface area contributed by atoms with Crippen LogP contribution in [0.2, 0.25) is 0 Å². The molecular formula is C11H21NO4S. The second kappa shape index (κ2) is 5.35. The molecule has 1 unspecified atom stereocenters. The average molecular weight is 263 g/mol.